The number of aliphatic imine (C=N–C) groups is 1. The minimum Gasteiger partial charge on any atom is -0.369 e. The van der Waals surface area contributed by atoms with Gasteiger partial charge in [0.2, 0.25) is 5.91 Å². The van der Waals surface area contributed by atoms with Crippen LogP contribution in [0.1, 0.15) is 19.8 Å². The fourth-order valence-electron chi connectivity index (χ4n) is 2.66. The molecule has 0 aliphatic carbocycles. The van der Waals surface area contributed by atoms with E-state index < -0.39 is 0 Å². The Bertz CT molecular complexity index is 584. The van der Waals surface area contributed by atoms with Crippen molar-refractivity contribution in [2.45, 2.75) is 25.8 Å². The fourth-order valence-corrected chi connectivity index (χ4v) is 2.85. The van der Waals surface area contributed by atoms with Crippen molar-refractivity contribution < 1.29 is 4.79 Å². The van der Waals surface area contributed by atoms with Crippen LogP contribution in [0.5, 0.6) is 0 Å². The van der Waals surface area contributed by atoms with Crippen LogP contribution in [0, 0.1) is 0 Å². The Morgan fingerprint density at radius 1 is 1.40 bits per heavy atom. The van der Waals surface area contributed by atoms with Crippen LogP contribution < -0.4 is 20.9 Å². The molecule has 25 heavy (non-hydrogen) atoms. The molecule has 0 radical (unpaired) electrons. The molecule has 1 amide bonds. The lowest BCUT2D eigenvalue weighted by Gasteiger charge is -2.20. The minimum atomic E-state index is -0.0215. The van der Waals surface area contributed by atoms with Gasteiger partial charge in [-0.3, -0.25) is 9.79 Å². The van der Waals surface area contributed by atoms with Gasteiger partial charge in [-0.1, -0.05) is 24.6 Å². The Morgan fingerprint density at radius 2 is 2.20 bits per heavy atom. The van der Waals surface area contributed by atoms with Gasteiger partial charge in [-0.05, 0) is 31.0 Å². The first-order valence-corrected chi connectivity index (χ1v) is 8.74. The van der Waals surface area contributed by atoms with Crippen molar-refractivity contribution in [3.63, 3.8) is 0 Å². The van der Waals surface area contributed by atoms with E-state index in [1.165, 1.54) is 0 Å². The maximum Gasteiger partial charge on any atom is 0.239 e. The fraction of sp³-hybridized carbons (Fsp3) is 0.529. The summed E-state index contributed by atoms with van der Waals surface area (Å²) in [6, 6.07) is 8.18. The van der Waals surface area contributed by atoms with Gasteiger partial charge in [0.25, 0.3) is 0 Å². The number of guanidine groups is 1. The smallest absolute Gasteiger partial charge is 0.239 e. The van der Waals surface area contributed by atoms with E-state index in [0.717, 1.165) is 36.6 Å². The SMILES string of the molecule is CCCNC(=O)CNC(=NC)NC1CCN(c2cccc(Cl)c2)C1.I. The number of hydrogen-bond donors (Lipinski definition) is 3. The number of nitrogens with zero attached hydrogens (tertiary/aromatic N) is 2. The number of amides is 1. The van der Waals surface area contributed by atoms with Crippen molar-refractivity contribution in [2.24, 2.45) is 4.99 Å². The Labute approximate surface area is 171 Å². The number of carbonyl (C=O) groups excluding carboxylic acids is 1. The second-order valence-corrected chi connectivity index (χ2v) is 6.27. The zero-order chi connectivity index (χ0) is 17.4. The average molecular weight is 480 g/mol. The lowest BCUT2D eigenvalue weighted by atomic mass is 10.3. The van der Waals surface area contributed by atoms with E-state index in [-0.39, 0.29) is 42.5 Å². The Hall–Kier alpha value is -1.22. The Kier molecular flexibility index (Phi) is 9.96. The van der Waals surface area contributed by atoms with E-state index in [2.05, 4.69) is 31.9 Å². The van der Waals surface area contributed by atoms with Crippen molar-refractivity contribution in [1.29, 1.82) is 0 Å². The number of carbonyl (C=O) groups is 1. The van der Waals surface area contributed by atoms with Gasteiger partial charge in [0.15, 0.2) is 5.96 Å². The highest BCUT2D eigenvalue weighted by Gasteiger charge is 2.23. The lowest BCUT2D eigenvalue weighted by Crippen LogP contribution is -2.47. The summed E-state index contributed by atoms with van der Waals surface area (Å²) >= 11 is 6.06. The Morgan fingerprint density at radius 3 is 2.88 bits per heavy atom. The van der Waals surface area contributed by atoms with E-state index in [0.29, 0.717) is 12.5 Å². The molecule has 1 fully saturated rings. The summed E-state index contributed by atoms with van der Waals surface area (Å²) < 4.78 is 0. The van der Waals surface area contributed by atoms with E-state index >= 15 is 0 Å². The summed E-state index contributed by atoms with van der Waals surface area (Å²) in [5, 5.41) is 10.0. The molecule has 0 bridgehead atoms. The molecule has 1 saturated heterocycles. The third-order valence-corrected chi connectivity index (χ3v) is 4.15. The molecule has 140 valence electrons. The molecule has 6 nitrogen and oxygen atoms in total. The first-order valence-electron chi connectivity index (χ1n) is 8.36. The molecule has 3 N–H and O–H groups in total. The van der Waals surface area contributed by atoms with Gasteiger partial charge in [-0.2, -0.15) is 0 Å². The molecular weight excluding hydrogens is 453 g/mol. The molecule has 1 aliphatic rings. The molecule has 8 heteroatoms. The summed E-state index contributed by atoms with van der Waals surface area (Å²) in [6.07, 6.45) is 1.94. The van der Waals surface area contributed by atoms with E-state index in [9.17, 15) is 4.79 Å². The van der Waals surface area contributed by atoms with Crippen LogP contribution >= 0.6 is 35.6 Å². The van der Waals surface area contributed by atoms with Gasteiger partial charge in [0, 0.05) is 43.4 Å². The number of nitrogens with one attached hydrogen (secondary N) is 3. The number of rotatable bonds is 6. The van der Waals surface area contributed by atoms with Gasteiger partial charge < -0.3 is 20.9 Å². The summed E-state index contributed by atoms with van der Waals surface area (Å²) in [5.41, 5.74) is 1.13. The highest BCUT2D eigenvalue weighted by molar-refractivity contribution is 14.0. The summed E-state index contributed by atoms with van der Waals surface area (Å²) in [7, 11) is 1.71. The Balaban J connectivity index is 0.00000312. The quantitative estimate of drug-likeness (QED) is 0.333. The zero-order valence-electron chi connectivity index (χ0n) is 14.7. The first-order chi connectivity index (χ1) is 11.6. The first kappa shape index (κ1) is 21.8. The van der Waals surface area contributed by atoms with Gasteiger partial charge in [-0.25, -0.2) is 0 Å². The molecule has 1 heterocycles. The van der Waals surface area contributed by atoms with Crippen LogP contribution in [-0.2, 0) is 4.79 Å². The van der Waals surface area contributed by atoms with Crippen LogP contribution in [0.2, 0.25) is 5.02 Å². The molecule has 1 aromatic rings. The number of hydrogen-bond acceptors (Lipinski definition) is 3. The van der Waals surface area contributed by atoms with Crippen LogP contribution in [-0.4, -0.2) is 51.1 Å². The molecule has 2 rings (SSSR count). The normalized spacial score (nSPS) is 17.0. The van der Waals surface area contributed by atoms with Gasteiger partial charge >= 0.3 is 0 Å². The largest absolute Gasteiger partial charge is 0.369 e. The molecule has 1 aliphatic heterocycles. The molecule has 0 saturated carbocycles. The molecular formula is C17H27ClIN5O. The van der Waals surface area contributed by atoms with Crippen molar-refractivity contribution in [2.75, 3.05) is 38.1 Å². The maximum absolute atomic E-state index is 11.7. The molecule has 0 spiro atoms. The molecule has 1 unspecified atom stereocenters. The standard InChI is InChI=1S/C17H26ClN5O.HI/c1-3-8-20-16(24)11-21-17(19-2)22-14-7-9-23(12-14)15-6-4-5-13(18)10-15;/h4-6,10,14H,3,7-9,11-12H2,1-2H3,(H,20,24)(H2,19,21,22);1H. The third-order valence-electron chi connectivity index (χ3n) is 3.91. The average Bonchev–Trinajstić information content (AvgIpc) is 3.05. The summed E-state index contributed by atoms with van der Waals surface area (Å²) in [6.45, 7) is 4.79. The second kappa shape index (κ2) is 11.4. The topological polar surface area (TPSA) is 68.8 Å². The van der Waals surface area contributed by atoms with E-state index in [4.69, 9.17) is 11.6 Å². The summed E-state index contributed by atoms with van der Waals surface area (Å²) in [4.78, 5) is 18.1. The highest BCUT2D eigenvalue weighted by atomic mass is 127. The van der Waals surface area contributed by atoms with Crippen LogP contribution in [0.3, 0.4) is 0 Å². The van der Waals surface area contributed by atoms with E-state index in [1.807, 2.05) is 25.1 Å². The van der Waals surface area contributed by atoms with Gasteiger partial charge in [0.1, 0.15) is 0 Å². The molecule has 1 aromatic carbocycles. The number of benzene rings is 1. The summed E-state index contributed by atoms with van der Waals surface area (Å²) in [5.74, 6) is 0.631. The molecule has 0 aromatic heterocycles. The van der Waals surface area contributed by atoms with Crippen molar-refractivity contribution in [1.82, 2.24) is 16.0 Å². The predicted octanol–water partition coefficient (Wildman–Crippen LogP) is 2.23. The minimum absolute atomic E-state index is 0. The lowest BCUT2D eigenvalue weighted by molar-refractivity contribution is -0.120. The second-order valence-electron chi connectivity index (χ2n) is 5.83. The van der Waals surface area contributed by atoms with Gasteiger partial charge in [0.05, 0.1) is 6.54 Å². The zero-order valence-corrected chi connectivity index (χ0v) is 17.8. The van der Waals surface area contributed by atoms with Crippen LogP contribution in [0.25, 0.3) is 0 Å². The van der Waals surface area contributed by atoms with Crippen molar-refractivity contribution in [3.05, 3.63) is 29.3 Å². The van der Waals surface area contributed by atoms with Crippen molar-refractivity contribution in [3.8, 4) is 0 Å². The highest BCUT2D eigenvalue weighted by Crippen LogP contribution is 2.23. The number of halogens is 2. The van der Waals surface area contributed by atoms with Gasteiger partial charge in [-0.15, -0.1) is 24.0 Å². The molecule has 1 atom stereocenters. The predicted molar refractivity (Wildman–Crippen MR) is 115 cm³/mol. The van der Waals surface area contributed by atoms with Crippen molar-refractivity contribution >= 4 is 53.1 Å². The monoisotopic (exact) mass is 479 g/mol. The third kappa shape index (κ3) is 7.27. The van der Waals surface area contributed by atoms with E-state index in [1.54, 1.807) is 7.05 Å². The number of anilines is 1. The van der Waals surface area contributed by atoms with Crippen LogP contribution in [0.4, 0.5) is 5.69 Å². The van der Waals surface area contributed by atoms with Crippen LogP contribution in [0.15, 0.2) is 29.3 Å². The maximum atomic E-state index is 11.7.